The van der Waals surface area contributed by atoms with Crippen LogP contribution >= 0.6 is 0 Å². The highest BCUT2D eigenvalue weighted by Gasteiger charge is 2.27. The smallest absolute Gasteiger partial charge is 0.232 e. The SMILES string of the molecule is CC(C)(C)c1nc(-c2nc(N3CCCC3)n3c2cc(CC(N)=O)c2ccccc23)no1. The second-order valence-corrected chi connectivity index (χ2v) is 9.18. The van der Waals surface area contributed by atoms with Gasteiger partial charge >= 0.3 is 0 Å². The van der Waals surface area contributed by atoms with Crippen molar-refractivity contribution in [1.29, 1.82) is 0 Å². The molecule has 5 rings (SSSR count). The standard InChI is InChI=1S/C23H26N6O2/c1-23(2,3)21-26-20(27-31-21)19-17-12-14(13-18(24)30)15-8-4-5-9-16(15)29(17)22(25-19)28-10-6-7-11-28/h4-5,8-9,12H,6-7,10-11,13H2,1-3H3,(H2,24,30). The Kier molecular flexibility index (Phi) is 4.46. The zero-order valence-corrected chi connectivity index (χ0v) is 18.1. The molecule has 1 aliphatic rings. The van der Waals surface area contributed by atoms with Crippen molar-refractivity contribution in [2.24, 2.45) is 5.73 Å². The number of anilines is 1. The number of para-hydroxylation sites is 1. The van der Waals surface area contributed by atoms with Crippen LogP contribution in [0, 0.1) is 0 Å². The van der Waals surface area contributed by atoms with Gasteiger partial charge in [-0.15, -0.1) is 0 Å². The number of amides is 1. The molecule has 0 saturated carbocycles. The third kappa shape index (κ3) is 3.32. The van der Waals surface area contributed by atoms with Crippen LogP contribution in [0.1, 0.15) is 45.1 Å². The van der Waals surface area contributed by atoms with Gasteiger partial charge in [0.25, 0.3) is 0 Å². The molecule has 31 heavy (non-hydrogen) atoms. The number of primary amides is 1. The predicted octanol–water partition coefficient (Wildman–Crippen LogP) is 3.46. The quantitative estimate of drug-likeness (QED) is 0.544. The van der Waals surface area contributed by atoms with Gasteiger partial charge in [-0.3, -0.25) is 9.20 Å². The molecule has 4 heterocycles. The molecular formula is C23H26N6O2. The largest absolute Gasteiger partial charge is 0.369 e. The van der Waals surface area contributed by atoms with Crippen LogP contribution in [0.5, 0.6) is 0 Å². The van der Waals surface area contributed by atoms with Crippen LogP contribution in [0.15, 0.2) is 34.9 Å². The molecule has 1 aliphatic heterocycles. The van der Waals surface area contributed by atoms with Gasteiger partial charge in [0.2, 0.25) is 23.6 Å². The van der Waals surface area contributed by atoms with Gasteiger partial charge in [0, 0.05) is 23.9 Å². The fourth-order valence-corrected chi connectivity index (χ4v) is 4.23. The van der Waals surface area contributed by atoms with Crippen molar-refractivity contribution in [3.8, 4) is 11.5 Å². The molecule has 8 nitrogen and oxygen atoms in total. The Balaban J connectivity index is 1.82. The van der Waals surface area contributed by atoms with Crippen molar-refractivity contribution in [3.63, 3.8) is 0 Å². The summed E-state index contributed by atoms with van der Waals surface area (Å²) in [5, 5.41) is 5.23. The minimum absolute atomic E-state index is 0.153. The van der Waals surface area contributed by atoms with Gasteiger partial charge in [-0.05, 0) is 30.5 Å². The Morgan fingerprint density at radius 2 is 1.87 bits per heavy atom. The van der Waals surface area contributed by atoms with E-state index in [1.165, 1.54) is 0 Å². The van der Waals surface area contributed by atoms with Crippen molar-refractivity contribution in [1.82, 2.24) is 19.5 Å². The minimum atomic E-state index is -0.370. The fourth-order valence-electron chi connectivity index (χ4n) is 4.23. The number of fused-ring (bicyclic) bond motifs is 3. The van der Waals surface area contributed by atoms with Crippen molar-refractivity contribution in [2.45, 2.75) is 45.4 Å². The number of carbonyl (C=O) groups excluding carboxylic acids is 1. The molecule has 0 atom stereocenters. The van der Waals surface area contributed by atoms with Gasteiger partial charge in [-0.1, -0.05) is 44.1 Å². The first-order valence-corrected chi connectivity index (χ1v) is 10.6. The molecule has 4 aromatic rings. The molecule has 2 N–H and O–H groups in total. The van der Waals surface area contributed by atoms with Crippen molar-refractivity contribution >= 4 is 28.3 Å². The van der Waals surface area contributed by atoms with E-state index in [2.05, 4.69) is 25.5 Å². The third-order valence-corrected chi connectivity index (χ3v) is 5.73. The molecular weight excluding hydrogens is 392 g/mol. The molecule has 1 aromatic carbocycles. The molecule has 1 saturated heterocycles. The predicted molar refractivity (Wildman–Crippen MR) is 119 cm³/mol. The summed E-state index contributed by atoms with van der Waals surface area (Å²) in [5.74, 6) is 1.51. The summed E-state index contributed by atoms with van der Waals surface area (Å²) in [4.78, 5) is 23.7. The number of rotatable bonds is 4. The second-order valence-electron chi connectivity index (χ2n) is 9.18. The van der Waals surface area contributed by atoms with Gasteiger partial charge in [0.05, 0.1) is 17.5 Å². The van der Waals surface area contributed by atoms with Gasteiger partial charge in [0.15, 0.2) is 0 Å². The van der Waals surface area contributed by atoms with E-state index >= 15 is 0 Å². The highest BCUT2D eigenvalue weighted by Crippen LogP contribution is 2.35. The van der Waals surface area contributed by atoms with Crippen LogP contribution in [0.4, 0.5) is 5.95 Å². The maximum absolute atomic E-state index is 11.8. The Hall–Kier alpha value is -3.42. The lowest BCUT2D eigenvalue weighted by Crippen LogP contribution is -2.20. The van der Waals surface area contributed by atoms with E-state index in [4.69, 9.17) is 15.2 Å². The number of hydrogen-bond donors (Lipinski definition) is 1. The van der Waals surface area contributed by atoms with E-state index in [1.807, 2.05) is 45.0 Å². The number of carbonyl (C=O) groups is 1. The Labute approximate surface area is 180 Å². The first-order chi connectivity index (χ1) is 14.8. The second kappa shape index (κ2) is 7.08. The molecule has 1 amide bonds. The van der Waals surface area contributed by atoms with Crippen molar-refractivity contribution < 1.29 is 9.32 Å². The topological polar surface area (TPSA) is 103 Å². The summed E-state index contributed by atoms with van der Waals surface area (Å²) in [6, 6.07) is 10.0. The lowest BCUT2D eigenvalue weighted by Gasteiger charge is -2.17. The molecule has 0 spiro atoms. The van der Waals surface area contributed by atoms with Gasteiger partial charge in [-0.2, -0.15) is 4.98 Å². The van der Waals surface area contributed by atoms with Crippen LogP contribution < -0.4 is 10.6 Å². The molecule has 0 aliphatic carbocycles. The van der Waals surface area contributed by atoms with Crippen molar-refractivity contribution in [2.75, 3.05) is 18.0 Å². The number of nitrogens with two attached hydrogens (primary N) is 1. The monoisotopic (exact) mass is 418 g/mol. The van der Waals surface area contributed by atoms with Crippen LogP contribution in [-0.4, -0.2) is 38.5 Å². The van der Waals surface area contributed by atoms with E-state index in [-0.39, 0.29) is 17.7 Å². The fraction of sp³-hybridized carbons (Fsp3) is 0.391. The number of nitrogens with zero attached hydrogens (tertiary/aromatic N) is 5. The Morgan fingerprint density at radius 3 is 2.55 bits per heavy atom. The average Bonchev–Trinajstić information content (AvgIpc) is 3.46. The summed E-state index contributed by atoms with van der Waals surface area (Å²) in [7, 11) is 0. The highest BCUT2D eigenvalue weighted by atomic mass is 16.5. The maximum Gasteiger partial charge on any atom is 0.232 e. The summed E-state index contributed by atoms with van der Waals surface area (Å²) in [6.45, 7) is 8.00. The number of benzene rings is 1. The summed E-state index contributed by atoms with van der Waals surface area (Å²) in [5.41, 5.74) is 8.64. The van der Waals surface area contributed by atoms with E-state index in [0.29, 0.717) is 17.4 Å². The molecule has 8 heteroatoms. The Bertz CT molecular complexity index is 1290. The van der Waals surface area contributed by atoms with Crippen LogP contribution in [0.3, 0.4) is 0 Å². The van der Waals surface area contributed by atoms with E-state index in [9.17, 15) is 4.79 Å². The van der Waals surface area contributed by atoms with Gasteiger partial charge < -0.3 is 15.2 Å². The molecule has 160 valence electrons. The van der Waals surface area contributed by atoms with E-state index in [1.54, 1.807) is 0 Å². The normalized spacial score (nSPS) is 14.7. The number of pyridine rings is 1. The zero-order chi connectivity index (χ0) is 21.8. The summed E-state index contributed by atoms with van der Waals surface area (Å²) in [6.07, 6.45) is 2.43. The van der Waals surface area contributed by atoms with Crippen LogP contribution in [-0.2, 0) is 16.6 Å². The molecule has 1 fully saturated rings. The first kappa shape index (κ1) is 19.5. The molecule has 0 bridgehead atoms. The highest BCUT2D eigenvalue weighted by molar-refractivity contribution is 5.94. The molecule has 3 aromatic heterocycles. The summed E-state index contributed by atoms with van der Waals surface area (Å²) < 4.78 is 7.70. The number of imidazole rings is 1. The lowest BCUT2D eigenvalue weighted by atomic mass is 9.97. The first-order valence-electron chi connectivity index (χ1n) is 10.6. The average molecular weight is 419 g/mol. The number of aromatic nitrogens is 4. The maximum atomic E-state index is 11.8. The lowest BCUT2D eigenvalue weighted by molar-refractivity contribution is -0.117. The van der Waals surface area contributed by atoms with E-state index in [0.717, 1.165) is 53.9 Å². The number of hydrogen-bond acceptors (Lipinski definition) is 6. The Morgan fingerprint density at radius 1 is 1.13 bits per heavy atom. The molecule has 0 radical (unpaired) electrons. The third-order valence-electron chi connectivity index (χ3n) is 5.73. The van der Waals surface area contributed by atoms with Crippen LogP contribution in [0.25, 0.3) is 27.9 Å². The summed E-state index contributed by atoms with van der Waals surface area (Å²) >= 11 is 0. The zero-order valence-electron chi connectivity index (χ0n) is 18.1. The van der Waals surface area contributed by atoms with Crippen molar-refractivity contribution in [3.05, 3.63) is 41.8 Å². The van der Waals surface area contributed by atoms with Gasteiger partial charge in [-0.25, -0.2) is 4.98 Å². The van der Waals surface area contributed by atoms with Crippen LogP contribution in [0.2, 0.25) is 0 Å². The van der Waals surface area contributed by atoms with E-state index < -0.39 is 0 Å². The minimum Gasteiger partial charge on any atom is -0.369 e. The molecule has 0 unspecified atom stereocenters. The van der Waals surface area contributed by atoms with Gasteiger partial charge in [0.1, 0.15) is 5.69 Å².